The van der Waals surface area contributed by atoms with Gasteiger partial charge in [-0.3, -0.25) is 4.79 Å². The first-order chi connectivity index (χ1) is 12.2. The van der Waals surface area contributed by atoms with E-state index in [0.717, 1.165) is 43.0 Å². The van der Waals surface area contributed by atoms with Crippen LogP contribution in [0.2, 0.25) is 0 Å². The molecule has 1 amide bonds. The third-order valence-corrected chi connectivity index (χ3v) is 4.96. The van der Waals surface area contributed by atoms with Crippen molar-refractivity contribution in [2.24, 2.45) is 0 Å². The first-order valence-electron chi connectivity index (χ1n) is 8.74. The fourth-order valence-corrected chi connectivity index (χ4v) is 3.61. The number of carbonyl (C=O) groups excluding carboxylic acids is 1. The van der Waals surface area contributed by atoms with Crippen LogP contribution in [-0.4, -0.2) is 38.0 Å². The van der Waals surface area contributed by atoms with Crippen molar-refractivity contribution < 1.29 is 4.79 Å². The van der Waals surface area contributed by atoms with Gasteiger partial charge in [-0.05, 0) is 56.2 Å². The highest BCUT2D eigenvalue weighted by Gasteiger charge is 2.26. The van der Waals surface area contributed by atoms with Crippen molar-refractivity contribution in [3.05, 3.63) is 72.6 Å². The van der Waals surface area contributed by atoms with Crippen molar-refractivity contribution in [2.45, 2.75) is 25.8 Å². The monoisotopic (exact) mass is 334 g/mol. The van der Waals surface area contributed by atoms with Gasteiger partial charge in [-0.2, -0.15) is 0 Å². The Morgan fingerprint density at radius 3 is 2.56 bits per heavy atom. The maximum atomic E-state index is 12.9. The van der Waals surface area contributed by atoms with Gasteiger partial charge in [0.25, 0.3) is 5.91 Å². The molecule has 5 heteroatoms. The lowest BCUT2D eigenvalue weighted by atomic mass is 10.0. The van der Waals surface area contributed by atoms with Crippen LogP contribution in [0.3, 0.4) is 0 Å². The molecule has 1 saturated heterocycles. The summed E-state index contributed by atoms with van der Waals surface area (Å²) in [5.41, 5.74) is 1.81. The molecule has 0 spiro atoms. The van der Waals surface area contributed by atoms with Crippen LogP contribution in [0.4, 0.5) is 0 Å². The van der Waals surface area contributed by atoms with Crippen molar-refractivity contribution in [2.75, 3.05) is 13.1 Å². The molecule has 4 rings (SSSR count). The van der Waals surface area contributed by atoms with Gasteiger partial charge in [-0.25, -0.2) is 4.98 Å². The zero-order valence-electron chi connectivity index (χ0n) is 14.4. The van der Waals surface area contributed by atoms with Gasteiger partial charge < -0.3 is 14.0 Å². The quantitative estimate of drug-likeness (QED) is 0.736. The van der Waals surface area contributed by atoms with Gasteiger partial charge in [0.2, 0.25) is 0 Å². The number of carbonyl (C=O) groups is 1. The molecule has 1 aromatic carbocycles. The second-order valence-electron chi connectivity index (χ2n) is 6.57. The predicted molar refractivity (Wildman–Crippen MR) is 96.9 cm³/mol. The maximum absolute atomic E-state index is 12.9. The number of piperidine rings is 1. The number of hydrogen-bond acceptors (Lipinski definition) is 2. The summed E-state index contributed by atoms with van der Waals surface area (Å²) in [7, 11) is 0. The Morgan fingerprint density at radius 1 is 1.12 bits per heavy atom. The van der Waals surface area contributed by atoms with Crippen LogP contribution < -0.4 is 0 Å². The van der Waals surface area contributed by atoms with Crippen LogP contribution in [0.1, 0.15) is 35.1 Å². The van der Waals surface area contributed by atoms with Crippen LogP contribution in [0.25, 0.3) is 5.69 Å². The zero-order chi connectivity index (χ0) is 17.2. The van der Waals surface area contributed by atoms with Crippen molar-refractivity contribution in [3.8, 4) is 5.69 Å². The van der Waals surface area contributed by atoms with E-state index in [1.165, 1.54) is 0 Å². The van der Waals surface area contributed by atoms with Crippen molar-refractivity contribution >= 4 is 5.91 Å². The molecule has 0 bridgehead atoms. The molecule has 3 aromatic rings. The first kappa shape index (κ1) is 15.7. The number of nitrogens with zero attached hydrogens (tertiary/aromatic N) is 4. The average molecular weight is 334 g/mol. The molecular formula is C20H22N4O. The first-order valence-corrected chi connectivity index (χ1v) is 8.74. The number of amides is 1. The second-order valence-corrected chi connectivity index (χ2v) is 6.57. The van der Waals surface area contributed by atoms with E-state index in [2.05, 4.69) is 9.55 Å². The standard InChI is InChI=1S/C20H22N4O/c1-16-21-10-14-24(16)19-5-4-13-23(15-19)20(25)17-6-8-18(9-7-17)22-11-2-3-12-22/h2-3,6-12,14,19H,4-5,13,15H2,1H3/t19-/m1/s1. The number of benzene rings is 1. The van der Waals surface area contributed by atoms with Crippen LogP contribution in [0, 0.1) is 6.92 Å². The Kier molecular flexibility index (Phi) is 4.14. The molecule has 1 fully saturated rings. The molecule has 0 radical (unpaired) electrons. The lowest BCUT2D eigenvalue weighted by Gasteiger charge is -2.34. The lowest BCUT2D eigenvalue weighted by Crippen LogP contribution is -2.40. The van der Waals surface area contributed by atoms with E-state index in [1.807, 2.05) is 77.6 Å². The minimum absolute atomic E-state index is 0.113. The molecule has 0 unspecified atom stereocenters. The third-order valence-electron chi connectivity index (χ3n) is 4.96. The van der Waals surface area contributed by atoms with Crippen molar-refractivity contribution in [1.82, 2.24) is 19.0 Å². The van der Waals surface area contributed by atoms with E-state index in [9.17, 15) is 4.79 Å². The topological polar surface area (TPSA) is 43.1 Å². The fourth-order valence-electron chi connectivity index (χ4n) is 3.61. The summed E-state index contributed by atoms with van der Waals surface area (Å²) in [5.74, 6) is 1.12. The minimum Gasteiger partial charge on any atom is -0.337 e. The number of aromatic nitrogens is 3. The van der Waals surface area contributed by atoms with Gasteiger partial charge >= 0.3 is 0 Å². The van der Waals surface area contributed by atoms with Gasteiger partial charge in [0.15, 0.2) is 0 Å². The molecule has 1 atom stereocenters. The molecule has 25 heavy (non-hydrogen) atoms. The summed E-state index contributed by atoms with van der Waals surface area (Å²) in [6.07, 6.45) is 9.96. The highest BCUT2D eigenvalue weighted by atomic mass is 16.2. The molecular weight excluding hydrogens is 312 g/mol. The van der Waals surface area contributed by atoms with Gasteiger partial charge in [-0.1, -0.05) is 0 Å². The Balaban J connectivity index is 1.49. The molecule has 0 aliphatic carbocycles. The highest BCUT2D eigenvalue weighted by Crippen LogP contribution is 2.24. The summed E-state index contributed by atoms with van der Waals surface area (Å²) < 4.78 is 4.22. The van der Waals surface area contributed by atoms with E-state index >= 15 is 0 Å². The summed E-state index contributed by atoms with van der Waals surface area (Å²) in [6, 6.07) is 12.1. The normalized spacial score (nSPS) is 17.6. The second kappa shape index (κ2) is 6.59. The lowest BCUT2D eigenvalue weighted by molar-refractivity contribution is 0.0678. The summed E-state index contributed by atoms with van der Waals surface area (Å²) in [6.45, 7) is 3.58. The molecule has 5 nitrogen and oxygen atoms in total. The summed E-state index contributed by atoms with van der Waals surface area (Å²) in [5, 5.41) is 0. The van der Waals surface area contributed by atoms with Crippen LogP contribution in [0.15, 0.2) is 61.2 Å². The zero-order valence-corrected chi connectivity index (χ0v) is 14.4. The predicted octanol–water partition coefficient (Wildman–Crippen LogP) is 3.46. The van der Waals surface area contributed by atoms with Gasteiger partial charge in [-0.15, -0.1) is 0 Å². The summed E-state index contributed by atoms with van der Waals surface area (Å²) >= 11 is 0. The highest BCUT2D eigenvalue weighted by molar-refractivity contribution is 5.94. The van der Waals surface area contributed by atoms with Crippen LogP contribution in [0.5, 0.6) is 0 Å². The number of rotatable bonds is 3. The van der Waals surface area contributed by atoms with E-state index in [1.54, 1.807) is 0 Å². The molecule has 128 valence electrons. The molecule has 1 aliphatic rings. The molecule has 3 heterocycles. The van der Waals surface area contributed by atoms with Crippen LogP contribution in [-0.2, 0) is 0 Å². The maximum Gasteiger partial charge on any atom is 0.253 e. The Morgan fingerprint density at radius 2 is 1.88 bits per heavy atom. The molecule has 0 saturated carbocycles. The third kappa shape index (κ3) is 3.09. The number of likely N-dealkylation sites (tertiary alicyclic amines) is 1. The molecule has 1 aliphatic heterocycles. The average Bonchev–Trinajstić information content (AvgIpc) is 3.33. The largest absolute Gasteiger partial charge is 0.337 e. The van der Waals surface area contributed by atoms with E-state index in [4.69, 9.17) is 0 Å². The van der Waals surface area contributed by atoms with E-state index < -0.39 is 0 Å². The van der Waals surface area contributed by atoms with Gasteiger partial charge in [0, 0.05) is 49.1 Å². The number of hydrogen-bond donors (Lipinski definition) is 0. The smallest absolute Gasteiger partial charge is 0.253 e. The molecule has 2 aromatic heterocycles. The number of aryl methyl sites for hydroxylation is 1. The summed E-state index contributed by atoms with van der Waals surface area (Å²) in [4.78, 5) is 19.2. The number of imidazole rings is 1. The Bertz CT molecular complexity index is 848. The van der Waals surface area contributed by atoms with Gasteiger partial charge in [0.05, 0.1) is 6.04 Å². The van der Waals surface area contributed by atoms with Gasteiger partial charge in [0.1, 0.15) is 5.82 Å². The van der Waals surface area contributed by atoms with Crippen molar-refractivity contribution in [1.29, 1.82) is 0 Å². The van der Waals surface area contributed by atoms with E-state index in [0.29, 0.717) is 6.04 Å². The Hall–Kier alpha value is -2.82. The minimum atomic E-state index is 0.113. The van der Waals surface area contributed by atoms with E-state index in [-0.39, 0.29) is 5.91 Å². The molecule has 0 N–H and O–H groups in total. The van der Waals surface area contributed by atoms with Crippen molar-refractivity contribution in [3.63, 3.8) is 0 Å². The Labute approximate surface area is 147 Å². The SMILES string of the molecule is Cc1nccn1[C@@H]1CCCN(C(=O)c2ccc(-n3cccc3)cc2)C1. The fraction of sp³-hybridized carbons (Fsp3) is 0.300. The van der Waals surface area contributed by atoms with Crippen LogP contribution >= 0.6 is 0 Å².